The van der Waals surface area contributed by atoms with Gasteiger partial charge in [-0.05, 0) is 23.1 Å². The minimum atomic E-state index is -0.344. The number of nitrogens with zero attached hydrogens (tertiary/aromatic N) is 2. The molecule has 5 nitrogen and oxygen atoms in total. The molecule has 0 atom stereocenters. The average molecular weight is 297 g/mol. The predicted octanol–water partition coefficient (Wildman–Crippen LogP) is 2.12. The van der Waals surface area contributed by atoms with E-state index in [9.17, 15) is 9.59 Å². The Bertz CT molecular complexity index is 715. The van der Waals surface area contributed by atoms with E-state index in [0.29, 0.717) is 5.92 Å². The molecule has 22 heavy (non-hydrogen) atoms. The maximum Gasteiger partial charge on any atom is 0.260 e. The number of nitrogens with one attached hydrogen (secondary N) is 1. The maximum atomic E-state index is 11.7. The Labute approximate surface area is 129 Å². The number of carbonyl (C=O) groups excluding carboxylic acids is 1. The van der Waals surface area contributed by atoms with E-state index in [0.717, 1.165) is 5.56 Å². The van der Waals surface area contributed by atoms with Crippen LogP contribution in [-0.2, 0) is 11.3 Å². The summed E-state index contributed by atoms with van der Waals surface area (Å²) in [4.78, 5) is 23.2. The molecular formula is C17H19N3O2. The molecule has 114 valence electrons. The van der Waals surface area contributed by atoms with Crippen LogP contribution >= 0.6 is 0 Å². The zero-order valence-electron chi connectivity index (χ0n) is 12.7. The van der Waals surface area contributed by atoms with Gasteiger partial charge in [0.15, 0.2) is 0 Å². The molecule has 2 rings (SSSR count). The molecule has 0 spiro atoms. The molecule has 0 bridgehead atoms. The molecule has 2 aromatic rings. The molecule has 0 aliphatic carbocycles. The number of rotatable bonds is 5. The summed E-state index contributed by atoms with van der Waals surface area (Å²) in [5, 5.41) is 3.90. The lowest BCUT2D eigenvalue weighted by Crippen LogP contribution is -2.28. The first kappa shape index (κ1) is 15.7. The predicted molar refractivity (Wildman–Crippen MR) is 87.0 cm³/mol. The topological polar surface area (TPSA) is 63.5 Å². The van der Waals surface area contributed by atoms with E-state index in [4.69, 9.17) is 0 Å². The summed E-state index contributed by atoms with van der Waals surface area (Å²) in [5.74, 6) is 0.137. The summed E-state index contributed by atoms with van der Waals surface area (Å²) in [6.07, 6.45) is 3.14. The van der Waals surface area contributed by atoms with E-state index in [-0.39, 0.29) is 18.0 Å². The van der Waals surface area contributed by atoms with Crippen LogP contribution in [0, 0.1) is 0 Å². The number of hydrogen-bond donors (Lipinski definition) is 1. The van der Waals surface area contributed by atoms with Crippen LogP contribution in [0.2, 0.25) is 0 Å². The van der Waals surface area contributed by atoms with Gasteiger partial charge in [-0.2, -0.15) is 5.10 Å². The quantitative estimate of drug-likeness (QED) is 0.678. The highest BCUT2D eigenvalue weighted by Crippen LogP contribution is 2.13. The highest BCUT2D eigenvalue weighted by atomic mass is 16.2. The third kappa shape index (κ3) is 4.41. The third-order valence-corrected chi connectivity index (χ3v) is 3.22. The Morgan fingerprint density at radius 3 is 2.59 bits per heavy atom. The number of hydrazone groups is 1. The first-order valence-electron chi connectivity index (χ1n) is 7.13. The molecule has 1 aromatic heterocycles. The van der Waals surface area contributed by atoms with Gasteiger partial charge >= 0.3 is 0 Å². The summed E-state index contributed by atoms with van der Waals surface area (Å²) >= 11 is 0. The smallest absolute Gasteiger partial charge is 0.260 e. The van der Waals surface area contributed by atoms with Gasteiger partial charge in [-0.3, -0.25) is 9.59 Å². The van der Waals surface area contributed by atoms with Crippen molar-refractivity contribution in [3.05, 3.63) is 70.1 Å². The molecule has 0 saturated heterocycles. The van der Waals surface area contributed by atoms with Crippen LogP contribution in [0.3, 0.4) is 0 Å². The lowest BCUT2D eigenvalue weighted by Gasteiger charge is -2.05. The molecule has 0 radical (unpaired) electrons. The van der Waals surface area contributed by atoms with Gasteiger partial charge in [0.25, 0.3) is 11.5 Å². The fourth-order valence-electron chi connectivity index (χ4n) is 1.93. The Kier molecular flexibility index (Phi) is 5.25. The summed E-state index contributed by atoms with van der Waals surface area (Å²) in [7, 11) is 0. The molecule has 0 aliphatic rings. The summed E-state index contributed by atoms with van der Waals surface area (Å²) < 4.78 is 1.32. The molecule has 1 heterocycles. The van der Waals surface area contributed by atoms with Crippen molar-refractivity contribution in [1.82, 2.24) is 9.99 Å². The summed E-state index contributed by atoms with van der Waals surface area (Å²) in [5.41, 5.74) is 4.36. The normalized spacial score (nSPS) is 11.0. The van der Waals surface area contributed by atoms with Crippen LogP contribution in [0.15, 0.2) is 58.6 Å². The van der Waals surface area contributed by atoms with Gasteiger partial charge in [0.05, 0.1) is 6.21 Å². The van der Waals surface area contributed by atoms with Gasteiger partial charge in [-0.1, -0.05) is 44.2 Å². The standard InChI is InChI=1S/C17H19N3O2/c1-13(2)15-8-6-14(7-9-15)11-18-19-16(21)12-20-10-4-3-5-17(20)22/h3-11,13H,12H2,1-2H3,(H,19,21)/b18-11-. The van der Waals surface area contributed by atoms with Crippen molar-refractivity contribution in [3.8, 4) is 0 Å². The monoisotopic (exact) mass is 297 g/mol. The van der Waals surface area contributed by atoms with Crippen LogP contribution in [0.5, 0.6) is 0 Å². The van der Waals surface area contributed by atoms with E-state index < -0.39 is 0 Å². The largest absolute Gasteiger partial charge is 0.306 e. The van der Waals surface area contributed by atoms with Crippen LogP contribution in [0.25, 0.3) is 0 Å². The second-order valence-corrected chi connectivity index (χ2v) is 5.28. The van der Waals surface area contributed by atoms with Gasteiger partial charge in [-0.25, -0.2) is 5.43 Å². The number of benzene rings is 1. The summed E-state index contributed by atoms with van der Waals surface area (Å²) in [6, 6.07) is 12.7. The van der Waals surface area contributed by atoms with E-state index in [1.807, 2.05) is 24.3 Å². The number of amides is 1. The Hall–Kier alpha value is -2.69. The third-order valence-electron chi connectivity index (χ3n) is 3.22. The molecule has 0 aliphatic heterocycles. The lowest BCUT2D eigenvalue weighted by molar-refractivity contribution is -0.121. The molecule has 0 unspecified atom stereocenters. The van der Waals surface area contributed by atoms with Crippen LogP contribution in [0.1, 0.15) is 30.9 Å². The minimum absolute atomic E-state index is 0.0523. The number of aromatic nitrogens is 1. The number of carbonyl (C=O) groups is 1. The Morgan fingerprint density at radius 1 is 1.23 bits per heavy atom. The zero-order chi connectivity index (χ0) is 15.9. The minimum Gasteiger partial charge on any atom is -0.306 e. The van der Waals surface area contributed by atoms with Crippen LogP contribution in [-0.4, -0.2) is 16.7 Å². The van der Waals surface area contributed by atoms with Crippen molar-refractivity contribution in [3.63, 3.8) is 0 Å². The van der Waals surface area contributed by atoms with Crippen LogP contribution < -0.4 is 11.0 Å². The molecule has 0 fully saturated rings. The lowest BCUT2D eigenvalue weighted by atomic mass is 10.0. The SMILES string of the molecule is CC(C)c1ccc(/C=N\NC(=O)Cn2ccccc2=O)cc1. The van der Waals surface area contributed by atoms with E-state index >= 15 is 0 Å². The van der Waals surface area contributed by atoms with Crippen molar-refractivity contribution in [1.29, 1.82) is 0 Å². The molecule has 1 N–H and O–H groups in total. The Balaban J connectivity index is 1.90. The molecular weight excluding hydrogens is 278 g/mol. The fourth-order valence-corrected chi connectivity index (χ4v) is 1.93. The highest BCUT2D eigenvalue weighted by Gasteiger charge is 2.02. The van der Waals surface area contributed by atoms with E-state index in [1.165, 1.54) is 16.2 Å². The first-order valence-corrected chi connectivity index (χ1v) is 7.13. The summed E-state index contributed by atoms with van der Waals surface area (Å²) in [6.45, 7) is 4.22. The van der Waals surface area contributed by atoms with Gasteiger partial charge < -0.3 is 4.57 Å². The molecule has 1 aromatic carbocycles. The van der Waals surface area contributed by atoms with Crippen molar-refractivity contribution in [2.75, 3.05) is 0 Å². The second kappa shape index (κ2) is 7.36. The average Bonchev–Trinajstić information content (AvgIpc) is 2.50. The van der Waals surface area contributed by atoms with Gasteiger partial charge in [-0.15, -0.1) is 0 Å². The van der Waals surface area contributed by atoms with E-state index in [1.54, 1.807) is 24.5 Å². The number of pyridine rings is 1. The van der Waals surface area contributed by atoms with Crippen molar-refractivity contribution in [2.45, 2.75) is 26.3 Å². The fraction of sp³-hybridized carbons (Fsp3) is 0.235. The van der Waals surface area contributed by atoms with Crippen molar-refractivity contribution >= 4 is 12.1 Å². The first-order chi connectivity index (χ1) is 10.6. The van der Waals surface area contributed by atoms with Gasteiger partial charge in [0.1, 0.15) is 6.54 Å². The molecule has 5 heteroatoms. The zero-order valence-corrected chi connectivity index (χ0v) is 12.7. The van der Waals surface area contributed by atoms with Gasteiger partial charge in [0, 0.05) is 12.3 Å². The molecule has 0 saturated carbocycles. The van der Waals surface area contributed by atoms with Crippen molar-refractivity contribution < 1.29 is 4.79 Å². The molecule has 1 amide bonds. The van der Waals surface area contributed by atoms with E-state index in [2.05, 4.69) is 24.4 Å². The maximum absolute atomic E-state index is 11.7. The number of hydrogen-bond acceptors (Lipinski definition) is 3. The van der Waals surface area contributed by atoms with Gasteiger partial charge in [0.2, 0.25) is 0 Å². The van der Waals surface area contributed by atoms with Crippen molar-refractivity contribution in [2.24, 2.45) is 5.10 Å². The second-order valence-electron chi connectivity index (χ2n) is 5.28. The Morgan fingerprint density at radius 2 is 1.95 bits per heavy atom. The highest BCUT2D eigenvalue weighted by molar-refractivity contribution is 5.82. The van der Waals surface area contributed by atoms with Crippen LogP contribution in [0.4, 0.5) is 0 Å².